The zero-order valence-electron chi connectivity index (χ0n) is 19.3. The Morgan fingerprint density at radius 2 is 1.61 bits per heavy atom. The summed E-state index contributed by atoms with van der Waals surface area (Å²) in [5.74, 6) is 2.54. The molecule has 33 heavy (non-hydrogen) atoms. The molecule has 4 saturated carbocycles. The average Bonchev–Trinajstić information content (AvgIpc) is 2.80. The number of amides is 1. The number of benzene rings is 1. The van der Waals surface area contributed by atoms with Crippen LogP contribution in [0.2, 0.25) is 5.02 Å². The zero-order valence-corrected chi connectivity index (χ0v) is 20.8. The van der Waals surface area contributed by atoms with Crippen LogP contribution in [0.25, 0.3) is 0 Å². The van der Waals surface area contributed by atoms with E-state index < -0.39 is 16.1 Å². The van der Waals surface area contributed by atoms with Crippen molar-refractivity contribution in [3.8, 4) is 0 Å². The van der Waals surface area contributed by atoms with Gasteiger partial charge in [-0.25, -0.2) is 8.42 Å². The van der Waals surface area contributed by atoms with Crippen LogP contribution in [0, 0.1) is 23.7 Å². The summed E-state index contributed by atoms with van der Waals surface area (Å²) in [4.78, 5) is 15.8. The second-order valence-electron chi connectivity index (χ2n) is 10.7. The predicted molar refractivity (Wildman–Crippen MR) is 127 cm³/mol. The van der Waals surface area contributed by atoms with Crippen molar-refractivity contribution in [3.05, 3.63) is 29.3 Å². The van der Waals surface area contributed by atoms with Crippen molar-refractivity contribution in [1.82, 2.24) is 9.21 Å². The van der Waals surface area contributed by atoms with Crippen LogP contribution in [0.4, 0.5) is 0 Å². The molecule has 1 amide bonds. The Morgan fingerprint density at radius 1 is 1.06 bits per heavy atom. The normalized spacial score (nSPS) is 33.2. The number of nitrogens with zero attached hydrogens (tertiary/aromatic N) is 2. The molecule has 0 radical (unpaired) electrons. The summed E-state index contributed by atoms with van der Waals surface area (Å²) in [6.07, 6.45) is 6.81. The molecule has 5 aliphatic rings. The minimum Gasteiger partial charge on any atom is -0.383 e. The maximum atomic E-state index is 13.5. The number of carbonyl (C=O) groups is 1. The van der Waals surface area contributed by atoms with Gasteiger partial charge in [-0.05, 0) is 99.3 Å². The Labute approximate surface area is 202 Å². The number of hydrogen-bond acceptors (Lipinski definition) is 4. The van der Waals surface area contributed by atoms with Crippen LogP contribution < -0.4 is 0 Å². The lowest BCUT2D eigenvalue weighted by molar-refractivity contribution is -0.158. The van der Waals surface area contributed by atoms with Crippen molar-refractivity contribution in [2.24, 2.45) is 23.7 Å². The van der Waals surface area contributed by atoms with Gasteiger partial charge in [0.1, 0.15) is 6.10 Å². The molecule has 0 spiro atoms. The number of carbonyl (C=O) groups excluding carboxylic acids is 1. The maximum Gasteiger partial charge on any atom is 0.251 e. The third kappa shape index (κ3) is 4.35. The Kier molecular flexibility index (Phi) is 6.53. The predicted octanol–water partition coefficient (Wildman–Crippen LogP) is 3.92. The first-order valence-electron chi connectivity index (χ1n) is 12.5. The molecule has 1 heterocycles. The van der Waals surface area contributed by atoms with Gasteiger partial charge in [-0.3, -0.25) is 4.79 Å². The molecule has 6 rings (SSSR count). The molecule has 5 fully saturated rings. The van der Waals surface area contributed by atoms with Gasteiger partial charge < -0.3 is 10.0 Å². The van der Waals surface area contributed by atoms with Crippen molar-refractivity contribution in [2.75, 3.05) is 13.1 Å². The summed E-state index contributed by atoms with van der Waals surface area (Å²) in [5.41, 5.74) is 0. The lowest BCUT2D eigenvalue weighted by atomic mass is 9.53. The molecule has 1 atom stereocenters. The highest BCUT2D eigenvalue weighted by Crippen LogP contribution is 2.55. The highest BCUT2D eigenvalue weighted by Gasteiger charge is 2.53. The van der Waals surface area contributed by atoms with Gasteiger partial charge in [-0.15, -0.1) is 0 Å². The van der Waals surface area contributed by atoms with Crippen molar-refractivity contribution < 1.29 is 18.3 Å². The maximum absolute atomic E-state index is 13.5. The fourth-order valence-electron chi connectivity index (χ4n) is 7.38. The fourth-order valence-corrected chi connectivity index (χ4v) is 8.98. The van der Waals surface area contributed by atoms with Crippen LogP contribution in [0.5, 0.6) is 0 Å². The molecule has 182 valence electrons. The van der Waals surface area contributed by atoms with E-state index in [1.54, 1.807) is 24.3 Å². The number of sulfonamides is 1. The first-order chi connectivity index (χ1) is 15.8. The molecule has 1 aromatic rings. The molecule has 1 saturated heterocycles. The summed E-state index contributed by atoms with van der Waals surface area (Å²) in [7, 11) is -3.59. The molecule has 6 nitrogen and oxygen atoms in total. The first-order valence-corrected chi connectivity index (χ1v) is 14.4. The lowest BCUT2D eigenvalue weighted by Gasteiger charge is -2.59. The lowest BCUT2D eigenvalue weighted by Crippen LogP contribution is -2.63. The number of aliphatic hydroxyl groups is 1. The third-order valence-corrected chi connectivity index (χ3v) is 10.9. The summed E-state index contributed by atoms with van der Waals surface area (Å²) < 4.78 is 27.8. The SMILES string of the molecule is CCC(O)C(=O)N(C1CCN(S(=O)(=O)c2ccc(Cl)cc2)CC1)C1C2CC3CC(C2)CC1C3. The van der Waals surface area contributed by atoms with Crippen LogP contribution in [0.3, 0.4) is 0 Å². The van der Waals surface area contributed by atoms with E-state index in [1.165, 1.54) is 36.4 Å². The van der Waals surface area contributed by atoms with Gasteiger partial charge in [0.15, 0.2) is 0 Å². The highest BCUT2D eigenvalue weighted by molar-refractivity contribution is 7.89. The van der Waals surface area contributed by atoms with Crippen LogP contribution in [-0.2, 0) is 14.8 Å². The molecular weight excluding hydrogens is 460 g/mol. The fraction of sp³-hybridized carbons (Fsp3) is 0.720. The third-order valence-electron chi connectivity index (χ3n) is 8.69. The van der Waals surface area contributed by atoms with Crippen LogP contribution in [0.15, 0.2) is 29.2 Å². The first kappa shape index (κ1) is 23.6. The van der Waals surface area contributed by atoms with Gasteiger partial charge in [-0.2, -0.15) is 4.31 Å². The summed E-state index contributed by atoms with van der Waals surface area (Å²) in [6.45, 7) is 2.61. The van der Waals surface area contributed by atoms with Crippen molar-refractivity contribution >= 4 is 27.5 Å². The van der Waals surface area contributed by atoms with Gasteiger partial charge in [-0.1, -0.05) is 18.5 Å². The molecule has 1 unspecified atom stereocenters. The summed E-state index contributed by atoms with van der Waals surface area (Å²) >= 11 is 5.93. The van der Waals surface area contributed by atoms with Gasteiger partial charge in [0.25, 0.3) is 5.91 Å². The minimum atomic E-state index is -3.59. The molecule has 4 bridgehead atoms. The topological polar surface area (TPSA) is 77.9 Å². The summed E-state index contributed by atoms with van der Waals surface area (Å²) in [6, 6.07) is 6.48. The number of hydrogen-bond donors (Lipinski definition) is 1. The molecule has 1 aliphatic heterocycles. The minimum absolute atomic E-state index is 0.0158. The van der Waals surface area contributed by atoms with E-state index in [-0.39, 0.29) is 22.9 Å². The van der Waals surface area contributed by atoms with Gasteiger partial charge in [0.05, 0.1) is 4.90 Å². The molecule has 0 aromatic heterocycles. The number of aliphatic hydroxyl groups excluding tert-OH is 1. The van der Waals surface area contributed by atoms with E-state index in [0.29, 0.717) is 49.2 Å². The van der Waals surface area contributed by atoms with E-state index >= 15 is 0 Å². The Balaban J connectivity index is 1.34. The molecule has 1 N–H and O–H groups in total. The van der Waals surface area contributed by atoms with Crippen LogP contribution >= 0.6 is 11.6 Å². The van der Waals surface area contributed by atoms with Crippen molar-refractivity contribution in [2.45, 2.75) is 81.4 Å². The monoisotopic (exact) mass is 494 g/mol. The zero-order chi connectivity index (χ0) is 23.3. The van der Waals surface area contributed by atoms with Crippen LogP contribution in [0.1, 0.15) is 58.3 Å². The van der Waals surface area contributed by atoms with Crippen LogP contribution in [-0.4, -0.2) is 59.9 Å². The molecule has 4 aliphatic carbocycles. The second kappa shape index (κ2) is 9.14. The Morgan fingerprint density at radius 3 is 2.12 bits per heavy atom. The average molecular weight is 495 g/mol. The van der Waals surface area contributed by atoms with E-state index in [2.05, 4.69) is 0 Å². The van der Waals surface area contributed by atoms with E-state index in [0.717, 1.165) is 11.8 Å². The van der Waals surface area contributed by atoms with E-state index in [1.807, 2.05) is 11.8 Å². The van der Waals surface area contributed by atoms with Crippen molar-refractivity contribution in [1.29, 1.82) is 0 Å². The number of piperidine rings is 1. The van der Waals surface area contributed by atoms with Gasteiger partial charge >= 0.3 is 0 Å². The smallest absolute Gasteiger partial charge is 0.251 e. The molecule has 1 aromatic carbocycles. The quantitative estimate of drug-likeness (QED) is 0.650. The highest BCUT2D eigenvalue weighted by atomic mass is 35.5. The van der Waals surface area contributed by atoms with E-state index in [9.17, 15) is 18.3 Å². The number of rotatable bonds is 6. The summed E-state index contributed by atoms with van der Waals surface area (Å²) in [5, 5.41) is 11.0. The number of halogens is 1. The molecular formula is C25H35ClN2O4S. The molecule has 8 heteroatoms. The Hall–Kier alpha value is -1.15. The largest absolute Gasteiger partial charge is 0.383 e. The second-order valence-corrected chi connectivity index (χ2v) is 13.1. The standard InChI is InChI=1S/C25H35ClN2O4S/c1-2-23(29)25(30)28(24-18-12-16-11-17(14-18)15-19(24)13-16)21-7-9-27(10-8-21)33(31,32)22-5-3-20(26)4-6-22/h3-6,16-19,21,23-24,29H,2,7-15H2,1H3. The van der Waals surface area contributed by atoms with Crippen molar-refractivity contribution in [3.63, 3.8) is 0 Å². The Bertz CT molecular complexity index is 947. The van der Waals surface area contributed by atoms with Gasteiger partial charge in [0, 0.05) is 30.2 Å². The van der Waals surface area contributed by atoms with Gasteiger partial charge in [0.2, 0.25) is 10.0 Å². The van der Waals surface area contributed by atoms with E-state index in [4.69, 9.17) is 11.6 Å².